The largest absolute Gasteiger partial charge is 0.379 e. The zero-order valence-electron chi connectivity index (χ0n) is 24.9. The van der Waals surface area contributed by atoms with E-state index in [4.69, 9.17) is 9.47 Å². The Bertz CT molecular complexity index is 828. The summed E-state index contributed by atoms with van der Waals surface area (Å²) in [6, 6.07) is 0. The summed E-state index contributed by atoms with van der Waals surface area (Å²) in [6.45, 7) is 23.7. The van der Waals surface area contributed by atoms with Crippen LogP contribution in [-0.4, -0.2) is 25.9 Å². The average molecular weight is 485 g/mol. The van der Waals surface area contributed by atoms with Crippen molar-refractivity contribution in [3.8, 4) is 0 Å². The van der Waals surface area contributed by atoms with E-state index in [2.05, 4.69) is 68.0 Å². The second-order valence-electron chi connectivity index (χ2n) is 14.0. The van der Waals surface area contributed by atoms with Gasteiger partial charge in [0.05, 0.1) is 11.7 Å². The fourth-order valence-corrected chi connectivity index (χ4v) is 7.87. The van der Waals surface area contributed by atoms with E-state index in [1.165, 1.54) is 44.1 Å². The van der Waals surface area contributed by atoms with E-state index in [0.717, 1.165) is 37.0 Å². The summed E-state index contributed by atoms with van der Waals surface area (Å²) in [5, 5.41) is 0. The van der Waals surface area contributed by atoms with Crippen molar-refractivity contribution in [3.63, 3.8) is 0 Å². The summed E-state index contributed by atoms with van der Waals surface area (Å²) in [5.41, 5.74) is 6.87. The number of fused-ring (bicyclic) bond motifs is 1. The minimum absolute atomic E-state index is 0.0325. The van der Waals surface area contributed by atoms with Gasteiger partial charge in [-0.25, -0.2) is 0 Å². The summed E-state index contributed by atoms with van der Waals surface area (Å²) >= 11 is 0. The lowest BCUT2D eigenvalue weighted by molar-refractivity contribution is -0.0117. The van der Waals surface area contributed by atoms with E-state index in [0.29, 0.717) is 16.7 Å². The van der Waals surface area contributed by atoms with Crippen LogP contribution in [0.2, 0.25) is 0 Å². The molecule has 0 heterocycles. The third-order valence-corrected chi connectivity index (χ3v) is 11.0. The normalized spacial score (nSPS) is 35.8. The van der Waals surface area contributed by atoms with Crippen molar-refractivity contribution >= 4 is 0 Å². The van der Waals surface area contributed by atoms with Crippen LogP contribution in [0.25, 0.3) is 0 Å². The fraction of sp³-hybridized carbons (Fsp3) is 0.818. The number of hydrogen-bond acceptors (Lipinski definition) is 2. The summed E-state index contributed by atoms with van der Waals surface area (Å²) in [4.78, 5) is 0. The third kappa shape index (κ3) is 6.01. The van der Waals surface area contributed by atoms with Crippen LogP contribution in [0.4, 0.5) is 0 Å². The van der Waals surface area contributed by atoms with Crippen molar-refractivity contribution in [2.24, 2.45) is 34.5 Å². The van der Waals surface area contributed by atoms with Gasteiger partial charge in [0.2, 0.25) is 0 Å². The molecule has 0 aromatic heterocycles. The molecule has 0 spiro atoms. The first-order chi connectivity index (χ1) is 16.3. The van der Waals surface area contributed by atoms with Crippen LogP contribution in [-0.2, 0) is 9.47 Å². The molecule has 0 amide bonds. The Morgan fingerprint density at radius 1 is 1.14 bits per heavy atom. The first-order valence-electron chi connectivity index (χ1n) is 14.4. The molecule has 2 heteroatoms. The number of ether oxygens (including phenoxy) is 2. The zero-order chi connectivity index (χ0) is 26.2. The van der Waals surface area contributed by atoms with Crippen LogP contribution < -0.4 is 0 Å². The van der Waals surface area contributed by atoms with Crippen LogP contribution in [0, 0.1) is 34.5 Å². The third-order valence-electron chi connectivity index (χ3n) is 11.0. The van der Waals surface area contributed by atoms with Crippen LogP contribution in [0.5, 0.6) is 0 Å². The van der Waals surface area contributed by atoms with Gasteiger partial charge in [0.1, 0.15) is 0 Å². The number of methoxy groups -OCH3 is 2. The molecule has 0 N–H and O–H groups in total. The number of allylic oxidation sites excluding steroid dienone is 3. The molecule has 3 aliphatic carbocycles. The predicted octanol–water partition coefficient (Wildman–Crippen LogP) is 9.31. The SMILES string of the molecule is C=C1[C@H](C)C/C(=C/C(C)=C2\CCC[C@@]3(C)C2CCC3C(C)C(C)(C)CCC(C)(C)OC)C[C@H]1OC. The van der Waals surface area contributed by atoms with Crippen LogP contribution >= 0.6 is 0 Å². The second-order valence-corrected chi connectivity index (χ2v) is 14.0. The average Bonchev–Trinajstić information content (AvgIpc) is 3.16. The van der Waals surface area contributed by atoms with Crippen LogP contribution in [0.15, 0.2) is 34.9 Å². The van der Waals surface area contributed by atoms with Crippen molar-refractivity contribution in [3.05, 3.63) is 34.9 Å². The van der Waals surface area contributed by atoms with Crippen molar-refractivity contribution in [2.75, 3.05) is 14.2 Å². The zero-order valence-corrected chi connectivity index (χ0v) is 24.9. The maximum atomic E-state index is 5.77. The van der Waals surface area contributed by atoms with Gasteiger partial charge in [-0.3, -0.25) is 0 Å². The van der Waals surface area contributed by atoms with Gasteiger partial charge in [0.15, 0.2) is 0 Å². The molecule has 6 atom stereocenters. The summed E-state index contributed by atoms with van der Waals surface area (Å²) < 4.78 is 11.5. The Kier molecular flexibility index (Phi) is 8.91. The summed E-state index contributed by atoms with van der Waals surface area (Å²) in [6.07, 6.45) is 14.0. The first-order valence-corrected chi connectivity index (χ1v) is 14.4. The molecule has 0 bridgehead atoms. The van der Waals surface area contributed by atoms with E-state index >= 15 is 0 Å². The van der Waals surface area contributed by atoms with Crippen molar-refractivity contribution in [2.45, 2.75) is 125 Å². The smallest absolute Gasteiger partial charge is 0.0818 e. The minimum atomic E-state index is -0.0325. The highest BCUT2D eigenvalue weighted by Gasteiger charge is 2.53. The molecule has 0 aromatic rings. The van der Waals surface area contributed by atoms with Gasteiger partial charge >= 0.3 is 0 Å². The lowest BCUT2D eigenvalue weighted by Gasteiger charge is -2.48. The molecule has 0 aromatic carbocycles. The lowest BCUT2D eigenvalue weighted by atomic mass is 9.56. The highest BCUT2D eigenvalue weighted by molar-refractivity contribution is 5.35. The van der Waals surface area contributed by atoms with Gasteiger partial charge in [-0.2, -0.15) is 0 Å². The van der Waals surface area contributed by atoms with Gasteiger partial charge in [-0.15, -0.1) is 0 Å². The molecule has 0 radical (unpaired) electrons. The van der Waals surface area contributed by atoms with Crippen molar-refractivity contribution in [1.29, 1.82) is 0 Å². The predicted molar refractivity (Wildman–Crippen MR) is 151 cm³/mol. The molecule has 3 saturated carbocycles. The van der Waals surface area contributed by atoms with Crippen molar-refractivity contribution < 1.29 is 9.47 Å². The van der Waals surface area contributed by atoms with E-state index in [9.17, 15) is 0 Å². The number of rotatable bonds is 8. The van der Waals surface area contributed by atoms with Crippen molar-refractivity contribution in [1.82, 2.24) is 0 Å². The summed E-state index contributed by atoms with van der Waals surface area (Å²) in [5.74, 6) is 2.79. The van der Waals surface area contributed by atoms with Gasteiger partial charge in [-0.05, 0) is 119 Å². The van der Waals surface area contributed by atoms with Gasteiger partial charge < -0.3 is 9.47 Å². The highest BCUT2D eigenvalue weighted by Crippen LogP contribution is 2.62. The standard InChI is InChI=1S/C33H56O2/c1-22-19-26(21-30(34-10)24(22)3)20-23(2)27-13-12-16-33(9)28(14-15-29(27)33)25(4)31(5,6)17-18-32(7,8)35-11/h20,22,25,28-30H,3,12-19,21H2,1-2,4-11H3/b26-20-,27-23+/t22-,25?,28?,29?,30-,33-/m1/s1. The van der Waals surface area contributed by atoms with Crippen LogP contribution in [0.3, 0.4) is 0 Å². The molecule has 3 fully saturated rings. The van der Waals surface area contributed by atoms with E-state index < -0.39 is 0 Å². The Morgan fingerprint density at radius 2 is 1.83 bits per heavy atom. The molecule has 0 saturated heterocycles. The first kappa shape index (κ1) is 28.7. The molecule has 3 rings (SSSR count). The van der Waals surface area contributed by atoms with Gasteiger partial charge in [0.25, 0.3) is 0 Å². The minimum Gasteiger partial charge on any atom is -0.379 e. The topological polar surface area (TPSA) is 18.5 Å². The van der Waals surface area contributed by atoms with Gasteiger partial charge in [0, 0.05) is 14.2 Å². The monoisotopic (exact) mass is 484 g/mol. The van der Waals surface area contributed by atoms with Gasteiger partial charge in [-0.1, -0.05) is 64.0 Å². The molecule has 200 valence electrons. The Morgan fingerprint density at radius 3 is 2.46 bits per heavy atom. The molecule has 3 unspecified atom stereocenters. The Hall–Kier alpha value is -0.860. The maximum Gasteiger partial charge on any atom is 0.0818 e. The number of hydrogen-bond donors (Lipinski definition) is 0. The Labute approximate surface area is 218 Å². The van der Waals surface area contributed by atoms with E-state index in [-0.39, 0.29) is 11.7 Å². The fourth-order valence-electron chi connectivity index (χ4n) is 7.87. The molecule has 2 nitrogen and oxygen atoms in total. The Balaban J connectivity index is 1.81. The quantitative estimate of drug-likeness (QED) is 0.319. The lowest BCUT2D eigenvalue weighted by Crippen LogP contribution is -2.41. The van der Waals surface area contributed by atoms with E-state index in [1.54, 1.807) is 16.7 Å². The highest BCUT2D eigenvalue weighted by atomic mass is 16.5. The molecular formula is C33H56O2. The van der Waals surface area contributed by atoms with E-state index in [1.807, 2.05) is 14.2 Å². The molecule has 35 heavy (non-hydrogen) atoms. The molecule has 0 aliphatic heterocycles. The van der Waals surface area contributed by atoms with Crippen LogP contribution in [0.1, 0.15) is 113 Å². The maximum absolute atomic E-state index is 5.77. The molecule has 3 aliphatic rings. The second kappa shape index (κ2) is 10.9. The molecular weight excluding hydrogens is 428 g/mol. The summed E-state index contributed by atoms with van der Waals surface area (Å²) in [7, 11) is 3.69.